The summed E-state index contributed by atoms with van der Waals surface area (Å²) in [6, 6.07) is 16.2. The van der Waals surface area contributed by atoms with Crippen molar-refractivity contribution in [2.24, 2.45) is 7.05 Å². The molecule has 0 saturated carbocycles. The minimum absolute atomic E-state index is 0.182. The maximum Gasteiger partial charge on any atom is 0.186 e. The van der Waals surface area contributed by atoms with Crippen molar-refractivity contribution in [1.29, 1.82) is 5.26 Å². The number of fused-ring (bicyclic) bond motifs is 1. The summed E-state index contributed by atoms with van der Waals surface area (Å²) in [5.74, 6) is -0.401. The van der Waals surface area contributed by atoms with E-state index >= 15 is 0 Å². The number of nitriles is 1. The molecule has 0 radical (unpaired) electrons. The Morgan fingerprint density at radius 1 is 1.15 bits per heavy atom. The third kappa shape index (κ3) is 3.74. The van der Waals surface area contributed by atoms with Gasteiger partial charge in [-0.1, -0.05) is 30.3 Å². The Kier molecular flexibility index (Phi) is 4.95. The molecule has 9 heteroatoms. The number of hydrogen-bond acceptors (Lipinski definition) is 6. The highest BCUT2D eigenvalue weighted by Crippen LogP contribution is 2.24. The fraction of sp³-hybridized carbons (Fsp3) is 0.0833. The molecule has 0 atom stereocenters. The Balaban J connectivity index is 1.48. The molecule has 0 amide bonds. The maximum absolute atomic E-state index is 14.8. The quantitative estimate of drug-likeness (QED) is 0.389. The number of benzene rings is 1. The summed E-state index contributed by atoms with van der Waals surface area (Å²) in [5, 5.41) is 17.5. The van der Waals surface area contributed by atoms with E-state index < -0.39 is 5.82 Å². The summed E-state index contributed by atoms with van der Waals surface area (Å²) in [5.41, 5.74) is 3.20. The number of aryl methyl sites for hydroxylation is 1. The molecule has 4 aromatic heterocycles. The van der Waals surface area contributed by atoms with Crippen LogP contribution in [0.1, 0.15) is 21.6 Å². The number of carbonyl (C=O) groups excluding carboxylic acids is 1. The normalized spacial score (nSPS) is 10.9. The van der Waals surface area contributed by atoms with Crippen molar-refractivity contribution in [1.82, 2.24) is 29.4 Å². The van der Waals surface area contributed by atoms with E-state index in [2.05, 4.69) is 20.2 Å². The molecule has 5 rings (SSSR count). The summed E-state index contributed by atoms with van der Waals surface area (Å²) < 4.78 is 17.6. The molecule has 33 heavy (non-hydrogen) atoms. The molecule has 0 saturated heterocycles. The number of aromatic nitrogens is 6. The van der Waals surface area contributed by atoms with Gasteiger partial charge in [0.2, 0.25) is 0 Å². The molecule has 0 fully saturated rings. The van der Waals surface area contributed by atoms with E-state index in [1.165, 1.54) is 33.9 Å². The van der Waals surface area contributed by atoms with Gasteiger partial charge in [0.05, 0.1) is 23.7 Å². The summed E-state index contributed by atoms with van der Waals surface area (Å²) in [4.78, 5) is 21.9. The van der Waals surface area contributed by atoms with Gasteiger partial charge in [0.15, 0.2) is 17.3 Å². The lowest BCUT2D eigenvalue weighted by atomic mass is 10.0. The van der Waals surface area contributed by atoms with Crippen molar-refractivity contribution >= 4 is 11.4 Å². The molecule has 0 aliphatic carbocycles. The van der Waals surface area contributed by atoms with Crippen LogP contribution in [0.5, 0.6) is 0 Å². The van der Waals surface area contributed by atoms with Gasteiger partial charge >= 0.3 is 0 Å². The lowest BCUT2D eigenvalue weighted by Crippen LogP contribution is -2.12. The standard InChI is InChI=1S/C24H16FN7O/c1-31-23(18(13-28-31)20-8-7-15(11-26)12-27-20)21(33)9-17-10-22-29-24(16-5-3-2-4-6-16)30-32(22)14-19(17)25/h2-8,10,12-14H,9H2,1H3. The molecular weight excluding hydrogens is 421 g/mol. The second kappa shape index (κ2) is 8.09. The molecule has 1 aromatic carbocycles. The van der Waals surface area contributed by atoms with Crippen molar-refractivity contribution in [2.45, 2.75) is 6.42 Å². The number of rotatable bonds is 5. The predicted octanol–water partition coefficient (Wildman–Crippen LogP) is 3.63. The van der Waals surface area contributed by atoms with Gasteiger partial charge in [0, 0.05) is 36.4 Å². The molecular formula is C24H16FN7O. The van der Waals surface area contributed by atoms with E-state index in [9.17, 15) is 9.18 Å². The molecule has 8 nitrogen and oxygen atoms in total. The zero-order chi connectivity index (χ0) is 22.9. The van der Waals surface area contributed by atoms with Crippen molar-refractivity contribution in [3.8, 4) is 28.7 Å². The Morgan fingerprint density at radius 3 is 2.70 bits per heavy atom. The molecule has 5 aromatic rings. The van der Waals surface area contributed by atoms with Crippen molar-refractivity contribution < 1.29 is 9.18 Å². The van der Waals surface area contributed by atoms with Crippen LogP contribution >= 0.6 is 0 Å². The van der Waals surface area contributed by atoms with E-state index in [1.54, 1.807) is 19.2 Å². The second-order valence-corrected chi connectivity index (χ2v) is 7.43. The molecule has 0 bridgehead atoms. The average molecular weight is 437 g/mol. The lowest BCUT2D eigenvalue weighted by molar-refractivity contribution is 0.0983. The molecule has 0 N–H and O–H groups in total. The summed E-state index contributed by atoms with van der Waals surface area (Å²) in [6.45, 7) is 0. The highest BCUT2D eigenvalue weighted by atomic mass is 19.1. The van der Waals surface area contributed by atoms with E-state index in [1.807, 2.05) is 36.4 Å². The minimum Gasteiger partial charge on any atom is -0.292 e. The van der Waals surface area contributed by atoms with Crippen LogP contribution in [0.25, 0.3) is 28.3 Å². The maximum atomic E-state index is 14.8. The molecule has 0 spiro atoms. The monoisotopic (exact) mass is 437 g/mol. The Labute approximate surface area is 187 Å². The number of hydrogen-bond donors (Lipinski definition) is 0. The van der Waals surface area contributed by atoms with Crippen LogP contribution in [0.2, 0.25) is 0 Å². The van der Waals surface area contributed by atoms with Crippen LogP contribution in [0.15, 0.2) is 67.1 Å². The van der Waals surface area contributed by atoms with Gasteiger partial charge in [-0.15, -0.1) is 5.10 Å². The Hall–Kier alpha value is -4.71. The first-order valence-corrected chi connectivity index (χ1v) is 10.1. The van der Waals surface area contributed by atoms with Crippen molar-refractivity contribution in [3.05, 3.63) is 89.8 Å². The van der Waals surface area contributed by atoms with Crippen LogP contribution in [-0.2, 0) is 13.5 Å². The minimum atomic E-state index is -0.555. The molecule has 0 aliphatic rings. The van der Waals surface area contributed by atoms with Gasteiger partial charge in [0.1, 0.15) is 17.6 Å². The SMILES string of the molecule is Cn1ncc(-c2ccc(C#N)cn2)c1C(=O)Cc1cc2nc(-c3ccccc3)nn2cc1F. The average Bonchev–Trinajstić information content (AvgIpc) is 3.43. The van der Waals surface area contributed by atoms with Crippen LogP contribution in [0.3, 0.4) is 0 Å². The number of ketones is 1. The summed E-state index contributed by atoms with van der Waals surface area (Å²) in [7, 11) is 1.64. The van der Waals surface area contributed by atoms with Gasteiger partial charge in [-0.25, -0.2) is 13.9 Å². The lowest BCUT2D eigenvalue weighted by Gasteiger charge is -2.07. The second-order valence-electron chi connectivity index (χ2n) is 7.43. The van der Waals surface area contributed by atoms with Gasteiger partial charge < -0.3 is 0 Å². The van der Waals surface area contributed by atoms with Crippen LogP contribution < -0.4 is 0 Å². The number of Topliss-reactive ketones (excluding diaryl/α,β-unsaturated/α-hetero) is 1. The first-order valence-electron chi connectivity index (χ1n) is 10.1. The summed E-state index contributed by atoms with van der Waals surface area (Å²) in [6.07, 6.45) is 4.01. The number of nitrogens with zero attached hydrogens (tertiary/aromatic N) is 7. The highest BCUT2D eigenvalue weighted by molar-refractivity contribution is 6.01. The van der Waals surface area contributed by atoms with Gasteiger partial charge in [-0.05, 0) is 18.2 Å². The van der Waals surface area contributed by atoms with Gasteiger partial charge in [-0.3, -0.25) is 14.5 Å². The van der Waals surface area contributed by atoms with Crippen molar-refractivity contribution in [2.75, 3.05) is 0 Å². The fourth-order valence-electron chi connectivity index (χ4n) is 3.62. The molecule has 0 unspecified atom stereocenters. The first kappa shape index (κ1) is 20.2. The molecule has 160 valence electrons. The largest absolute Gasteiger partial charge is 0.292 e. The zero-order valence-corrected chi connectivity index (χ0v) is 17.5. The number of pyridine rings is 2. The Morgan fingerprint density at radius 2 is 1.97 bits per heavy atom. The number of halogens is 1. The van der Waals surface area contributed by atoms with Crippen LogP contribution in [0, 0.1) is 17.1 Å². The van der Waals surface area contributed by atoms with E-state index in [-0.39, 0.29) is 17.8 Å². The van der Waals surface area contributed by atoms with Gasteiger partial charge in [-0.2, -0.15) is 10.4 Å². The fourth-order valence-corrected chi connectivity index (χ4v) is 3.62. The number of carbonyl (C=O) groups is 1. The van der Waals surface area contributed by atoms with Crippen LogP contribution in [0.4, 0.5) is 4.39 Å². The summed E-state index contributed by atoms with van der Waals surface area (Å²) >= 11 is 0. The van der Waals surface area contributed by atoms with Crippen molar-refractivity contribution in [3.63, 3.8) is 0 Å². The third-order valence-electron chi connectivity index (χ3n) is 5.26. The van der Waals surface area contributed by atoms with E-state index in [0.717, 1.165) is 5.56 Å². The Bertz CT molecular complexity index is 1530. The third-order valence-corrected chi connectivity index (χ3v) is 5.26. The van der Waals surface area contributed by atoms with Gasteiger partial charge in [0.25, 0.3) is 0 Å². The topological polar surface area (TPSA) is 102 Å². The van der Waals surface area contributed by atoms with E-state index in [0.29, 0.717) is 34.0 Å². The van der Waals surface area contributed by atoms with Crippen LogP contribution in [-0.4, -0.2) is 35.1 Å². The molecule has 4 heterocycles. The highest BCUT2D eigenvalue weighted by Gasteiger charge is 2.21. The molecule has 0 aliphatic heterocycles. The zero-order valence-electron chi connectivity index (χ0n) is 17.5. The van der Waals surface area contributed by atoms with E-state index in [4.69, 9.17) is 5.26 Å². The predicted molar refractivity (Wildman–Crippen MR) is 118 cm³/mol. The smallest absolute Gasteiger partial charge is 0.186 e. The first-order chi connectivity index (χ1) is 16.0.